The molecule has 0 saturated carbocycles. The molecule has 2 N–H and O–H groups in total. The van der Waals surface area contributed by atoms with Gasteiger partial charge in [0, 0.05) is 13.0 Å². The lowest BCUT2D eigenvalue weighted by molar-refractivity contribution is -0.757. The molecule has 1 heterocycles. The Bertz CT molecular complexity index is 972. The van der Waals surface area contributed by atoms with Gasteiger partial charge in [-0.3, -0.25) is 0 Å². The lowest BCUT2D eigenvalue weighted by Crippen LogP contribution is -2.52. The van der Waals surface area contributed by atoms with E-state index in [2.05, 4.69) is 10.2 Å². The molecule has 14 nitrogen and oxygen atoms in total. The van der Waals surface area contributed by atoms with E-state index in [4.69, 9.17) is 23.7 Å². The van der Waals surface area contributed by atoms with Crippen LogP contribution in [0.5, 0.6) is 11.5 Å². The van der Waals surface area contributed by atoms with Gasteiger partial charge in [-0.25, -0.2) is 14.4 Å². The van der Waals surface area contributed by atoms with Crippen LogP contribution in [0.1, 0.15) is 63.7 Å². The number of aromatic carboxylic acids is 1. The molecule has 0 spiro atoms. The number of alkyl carbamates (subject to hydrolysis) is 1. The molecule has 3 unspecified atom stereocenters. The van der Waals surface area contributed by atoms with E-state index in [-0.39, 0.29) is 36.7 Å². The molecule has 38 heavy (non-hydrogen) atoms. The molecule has 0 bridgehead atoms. The Morgan fingerprint density at radius 2 is 1.95 bits per heavy atom. The molecule has 1 fully saturated rings. The van der Waals surface area contributed by atoms with Gasteiger partial charge in [0.15, 0.2) is 23.8 Å². The lowest BCUT2D eigenvalue weighted by Gasteiger charge is -2.30. The van der Waals surface area contributed by atoms with Gasteiger partial charge in [-0.1, -0.05) is 0 Å². The minimum atomic E-state index is -1.36. The number of benzene rings is 1. The van der Waals surface area contributed by atoms with Crippen molar-refractivity contribution in [3.05, 3.63) is 33.9 Å². The maximum Gasteiger partial charge on any atom is 0.408 e. The number of carbonyl (C=O) groups is 3. The average Bonchev–Trinajstić information content (AvgIpc) is 2.82. The fourth-order valence-electron chi connectivity index (χ4n) is 3.33. The van der Waals surface area contributed by atoms with Gasteiger partial charge in [-0.2, -0.15) is 0 Å². The molecule has 0 aromatic heterocycles. The van der Waals surface area contributed by atoms with Crippen molar-refractivity contribution < 1.29 is 53.1 Å². The second-order valence-electron chi connectivity index (χ2n) is 9.41. The number of carbonyl (C=O) groups excluding carboxylic acids is 2. The summed E-state index contributed by atoms with van der Waals surface area (Å²) in [4.78, 5) is 51.7. The summed E-state index contributed by atoms with van der Waals surface area (Å²) >= 11 is 0. The highest BCUT2D eigenvalue weighted by atomic mass is 16.9. The Morgan fingerprint density at radius 3 is 2.55 bits per heavy atom. The molecular weight excluding hydrogens is 508 g/mol. The molecule has 1 aliphatic heterocycles. The smallest absolute Gasteiger partial charge is 0.408 e. The van der Waals surface area contributed by atoms with Crippen molar-refractivity contribution in [2.24, 2.45) is 0 Å². The molecule has 212 valence electrons. The highest BCUT2D eigenvalue weighted by Crippen LogP contribution is 2.30. The van der Waals surface area contributed by atoms with E-state index in [0.717, 1.165) is 18.9 Å². The third-order valence-corrected chi connectivity index (χ3v) is 5.04. The van der Waals surface area contributed by atoms with Crippen LogP contribution >= 0.6 is 0 Å². The first-order valence-electron chi connectivity index (χ1n) is 12.1. The van der Waals surface area contributed by atoms with Gasteiger partial charge >= 0.3 is 18.0 Å². The van der Waals surface area contributed by atoms with Crippen LogP contribution in [-0.2, 0) is 23.8 Å². The zero-order valence-corrected chi connectivity index (χ0v) is 21.8. The predicted octanol–water partition coefficient (Wildman–Crippen LogP) is 3.09. The SMILES string of the molecule is CC(OC1CCCCO1)C(NC(=O)OC(C)(C)C)C(=O)Oc1cc(C(=O)O)ccc1OCCCO[N+](=O)[O-]. The second-order valence-corrected chi connectivity index (χ2v) is 9.41. The van der Waals surface area contributed by atoms with Crippen LogP contribution in [0.2, 0.25) is 0 Å². The highest BCUT2D eigenvalue weighted by Gasteiger charge is 2.34. The van der Waals surface area contributed by atoms with Crippen molar-refractivity contribution in [3.63, 3.8) is 0 Å². The van der Waals surface area contributed by atoms with Crippen molar-refractivity contribution in [2.75, 3.05) is 19.8 Å². The Morgan fingerprint density at radius 1 is 1.21 bits per heavy atom. The van der Waals surface area contributed by atoms with Gasteiger partial charge in [-0.05, 0) is 65.2 Å². The van der Waals surface area contributed by atoms with Crippen LogP contribution in [0.25, 0.3) is 0 Å². The number of esters is 1. The Balaban J connectivity index is 2.22. The minimum absolute atomic E-state index is 0.00431. The number of hydrogen-bond acceptors (Lipinski definition) is 11. The molecule has 1 aliphatic rings. The Labute approximate surface area is 219 Å². The summed E-state index contributed by atoms with van der Waals surface area (Å²) < 4.78 is 27.7. The third-order valence-electron chi connectivity index (χ3n) is 5.04. The number of nitrogens with one attached hydrogen (secondary N) is 1. The Hall–Kier alpha value is -3.65. The van der Waals surface area contributed by atoms with E-state index in [1.54, 1.807) is 27.7 Å². The number of carboxylic acid groups (broad SMARTS) is 1. The zero-order chi connectivity index (χ0) is 28.3. The summed E-state index contributed by atoms with van der Waals surface area (Å²) in [6, 6.07) is 2.26. The van der Waals surface area contributed by atoms with Gasteiger partial charge < -0.3 is 38.9 Å². The molecule has 1 aromatic rings. The molecule has 1 amide bonds. The molecule has 1 aromatic carbocycles. The van der Waals surface area contributed by atoms with E-state index in [9.17, 15) is 29.6 Å². The standard InChI is InChI=1S/C24H34N2O12/c1-15(36-19-8-5-6-11-34-19)20(25-23(30)38-24(2,3)4)22(29)37-18-14-16(21(27)28)9-10-17(18)33-12-7-13-35-26(31)32/h9-10,14-15,19-20H,5-8,11-13H2,1-4H3,(H,25,30)(H,27,28). The molecule has 0 aliphatic carbocycles. The first kappa shape index (κ1) is 30.6. The quantitative estimate of drug-likeness (QED) is 0.122. The molecule has 1 saturated heterocycles. The van der Waals surface area contributed by atoms with E-state index < -0.39 is 47.2 Å². The van der Waals surface area contributed by atoms with E-state index in [0.29, 0.717) is 13.0 Å². The van der Waals surface area contributed by atoms with Crippen LogP contribution in [-0.4, -0.2) is 72.1 Å². The number of hydrogen-bond donors (Lipinski definition) is 2. The first-order valence-corrected chi connectivity index (χ1v) is 12.1. The summed E-state index contributed by atoms with van der Waals surface area (Å²) in [5.74, 6) is -2.47. The van der Waals surface area contributed by atoms with E-state index in [1.807, 2.05) is 0 Å². The fourth-order valence-corrected chi connectivity index (χ4v) is 3.33. The van der Waals surface area contributed by atoms with E-state index >= 15 is 0 Å². The van der Waals surface area contributed by atoms with Gasteiger partial charge in [0.1, 0.15) is 5.60 Å². The van der Waals surface area contributed by atoms with Crippen LogP contribution < -0.4 is 14.8 Å². The normalized spacial score (nSPS) is 17.0. The topological polar surface area (TPSA) is 182 Å². The summed E-state index contributed by atoms with van der Waals surface area (Å²) in [6.45, 7) is 6.76. The van der Waals surface area contributed by atoms with Gasteiger partial charge in [0.2, 0.25) is 0 Å². The number of nitrogens with zero attached hydrogens (tertiary/aromatic N) is 1. The zero-order valence-electron chi connectivity index (χ0n) is 21.8. The van der Waals surface area contributed by atoms with Crippen molar-refractivity contribution >= 4 is 18.0 Å². The van der Waals surface area contributed by atoms with Crippen molar-refractivity contribution in [3.8, 4) is 11.5 Å². The number of carboxylic acids is 1. The van der Waals surface area contributed by atoms with Crippen LogP contribution in [0.4, 0.5) is 4.79 Å². The van der Waals surface area contributed by atoms with E-state index in [1.165, 1.54) is 12.1 Å². The number of rotatable bonds is 13. The van der Waals surface area contributed by atoms with Crippen molar-refractivity contribution in [1.82, 2.24) is 5.32 Å². The number of amides is 1. The molecule has 3 atom stereocenters. The summed E-state index contributed by atoms with van der Waals surface area (Å²) in [6.07, 6.45) is 0.120. The molecule has 0 radical (unpaired) electrons. The van der Waals surface area contributed by atoms with Gasteiger partial charge in [-0.15, -0.1) is 10.1 Å². The van der Waals surface area contributed by atoms with Gasteiger partial charge in [0.05, 0.1) is 24.9 Å². The first-order chi connectivity index (χ1) is 17.9. The number of ether oxygens (including phenoxy) is 5. The monoisotopic (exact) mass is 542 g/mol. The van der Waals surface area contributed by atoms with Crippen LogP contribution in [0.15, 0.2) is 18.2 Å². The minimum Gasteiger partial charge on any atom is -0.490 e. The molecule has 14 heteroatoms. The third kappa shape index (κ3) is 10.8. The van der Waals surface area contributed by atoms with Gasteiger partial charge in [0.25, 0.3) is 5.09 Å². The second kappa shape index (κ2) is 14.3. The Kier molecular flexibility index (Phi) is 11.5. The lowest BCUT2D eigenvalue weighted by atomic mass is 10.1. The van der Waals surface area contributed by atoms with Crippen LogP contribution in [0, 0.1) is 10.1 Å². The van der Waals surface area contributed by atoms with Crippen molar-refractivity contribution in [2.45, 2.75) is 77.4 Å². The largest absolute Gasteiger partial charge is 0.490 e. The average molecular weight is 543 g/mol. The predicted molar refractivity (Wildman–Crippen MR) is 129 cm³/mol. The molecule has 2 rings (SSSR count). The summed E-state index contributed by atoms with van der Waals surface area (Å²) in [5.41, 5.74) is -1.03. The summed E-state index contributed by atoms with van der Waals surface area (Å²) in [7, 11) is 0. The summed E-state index contributed by atoms with van der Waals surface area (Å²) in [5, 5.41) is 21.2. The maximum atomic E-state index is 13.3. The van der Waals surface area contributed by atoms with Crippen LogP contribution in [0.3, 0.4) is 0 Å². The highest BCUT2D eigenvalue weighted by molar-refractivity contribution is 5.89. The maximum absolute atomic E-state index is 13.3. The molecular formula is C24H34N2O12. The fraction of sp³-hybridized carbons (Fsp3) is 0.625. The van der Waals surface area contributed by atoms with Crippen molar-refractivity contribution in [1.29, 1.82) is 0 Å².